The highest BCUT2D eigenvalue weighted by Gasteiger charge is 2.06. The van der Waals surface area contributed by atoms with Gasteiger partial charge in [-0.15, -0.1) is 0 Å². The van der Waals surface area contributed by atoms with E-state index in [2.05, 4.69) is 16.8 Å². The van der Waals surface area contributed by atoms with E-state index >= 15 is 0 Å². The first-order chi connectivity index (χ1) is 8.71. The molecule has 0 aliphatic carbocycles. The van der Waals surface area contributed by atoms with Crippen molar-refractivity contribution in [2.24, 2.45) is 0 Å². The zero-order chi connectivity index (χ0) is 13.4. The Bertz CT molecular complexity index is 410. The summed E-state index contributed by atoms with van der Waals surface area (Å²) in [6.45, 7) is 5.22. The summed E-state index contributed by atoms with van der Waals surface area (Å²) in [6, 6.07) is 0. The Balaban J connectivity index is 2.48. The average Bonchev–Trinajstić information content (AvgIpc) is 2.82. The summed E-state index contributed by atoms with van der Waals surface area (Å²) < 4.78 is 12.0. The van der Waals surface area contributed by atoms with Crippen LogP contribution in [-0.2, 0) is 16.1 Å². The van der Waals surface area contributed by atoms with Gasteiger partial charge in [-0.1, -0.05) is 13.8 Å². The number of nitrogens with zero attached hydrogens (tertiary/aromatic N) is 2. The molecule has 0 saturated carbocycles. The fourth-order valence-corrected chi connectivity index (χ4v) is 1.51. The summed E-state index contributed by atoms with van der Waals surface area (Å²) in [6.07, 6.45) is 6.92. The van der Waals surface area contributed by atoms with E-state index in [4.69, 9.17) is 4.74 Å². The molecule has 0 amide bonds. The van der Waals surface area contributed by atoms with Gasteiger partial charge in [-0.2, -0.15) is 5.10 Å². The minimum atomic E-state index is -0.303. The molecule has 0 radical (unpaired) electrons. The molecular formula is C13H20N2O3. The van der Waals surface area contributed by atoms with Gasteiger partial charge in [0, 0.05) is 12.1 Å². The quantitative estimate of drug-likeness (QED) is 0.551. The summed E-state index contributed by atoms with van der Waals surface area (Å²) in [4.78, 5) is 11.3. The number of methoxy groups -OCH3 is 1. The van der Waals surface area contributed by atoms with Crippen molar-refractivity contribution in [3.05, 3.63) is 24.0 Å². The third-order valence-electron chi connectivity index (χ3n) is 2.47. The molecule has 0 unspecified atom stereocenters. The zero-order valence-electron chi connectivity index (χ0n) is 11.2. The lowest BCUT2D eigenvalue weighted by molar-refractivity contribution is -0.136. The highest BCUT2D eigenvalue weighted by molar-refractivity contribution is 5.88. The Morgan fingerprint density at radius 3 is 2.89 bits per heavy atom. The summed E-state index contributed by atoms with van der Waals surface area (Å²) in [7, 11) is 1.38. The molecule has 5 heteroatoms. The normalized spacial score (nSPS) is 11.4. The van der Waals surface area contributed by atoms with E-state index in [0.29, 0.717) is 24.4 Å². The lowest BCUT2D eigenvalue weighted by atomic mass is 10.2. The van der Waals surface area contributed by atoms with Crippen molar-refractivity contribution >= 4 is 5.97 Å². The van der Waals surface area contributed by atoms with Crippen LogP contribution < -0.4 is 4.74 Å². The van der Waals surface area contributed by atoms with Crippen LogP contribution in [0.2, 0.25) is 0 Å². The molecule has 1 aromatic heterocycles. The van der Waals surface area contributed by atoms with Crippen molar-refractivity contribution in [1.82, 2.24) is 9.78 Å². The number of hydrogen-bond donors (Lipinski definition) is 0. The highest BCUT2D eigenvalue weighted by atomic mass is 16.5. The van der Waals surface area contributed by atoms with Gasteiger partial charge >= 0.3 is 5.97 Å². The minimum Gasteiger partial charge on any atom is -0.486 e. The van der Waals surface area contributed by atoms with E-state index in [1.165, 1.54) is 7.11 Å². The van der Waals surface area contributed by atoms with Crippen LogP contribution in [0.15, 0.2) is 24.0 Å². The number of ether oxygens (including phenoxy) is 2. The molecule has 18 heavy (non-hydrogen) atoms. The van der Waals surface area contributed by atoms with E-state index in [1.54, 1.807) is 12.3 Å². The van der Waals surface area contributed by atoms with Gasteiger partial charge in [-0.3, -0.25) is 4.68 Å². The van der Waals surface area contributed by atoms with Gasteiger partial charge in [0.1, 0.15) is 6.61 Å². The predicted octanol–water partition coefficient (Wildman–Crippen LogP) is 2.18. The molecule has 0 aliphatic rings. The first-order valence-electron chi connectivity index (χ1n) is 6.13. The fraction of sp³-hybridized carbons (Fsp3) is 0.538. The molecule has 5 nitrogen and oxygen atoms in total. The molecule has 0 atom stereocenters. The standard InChI is InChI=1S/C13H20N2O3/c1-4-7-15-10-12(9-14-15)18-8-6-11(5-2)13(16)17-3/h6,9-10H,4-5,7-8H2,1-3H3/b11-6-. The summed E-state index contributed by atoms with van der Waals surface area (Å²) >= 11 is 0. The van der Waals surface area contributed by atoms with Crippen molar-refractivity contribution < 1.29 is 14.3 Å². The Hall–Kier alpha value is -1.78. The number of hydrogen-bond acceptors (Lipinski definition) is 4. The van der Waals surface area contributed by atoms with Crippen molar-refractivity contribution in [3.8, 4) is 5.75 Å². The maximum absolute atomic E-state index is 11.3. The van der Waals surface area contributed by atoms with Gasteiger partial charge < -0.3 is 9.47 Å². The highest BCUT2D eigenvalue weighted by Crippen LogP contribution is 2.09. The van der Waals surface area contributed by atoms with Crippen LogP contribution in [0.4, 0.5) is 0 Å². The third-order valence-corrected chi connectivity index (χ3v) is 2.47. The van der Waals surface area contributed by atoms with Gasteiger partial charge in [0.25, 0.3) is 0 Å². The molecule has 0 spiro atoms. The molecule has 100 valence electrons. The Morgan fingerprint density at radius 2 is 2.28 bits per heavy atom. The smallest absolute Gasteiger partial charge is 0.333 e. The first-order valence-corrected chi connectivity index (χ1v) is 6.13. The molecule has 0 bridgehead atoms. The number of aromatic nitrogens is 2. The first kappa shape index (κ1) is 14.3. The molecule has 1 heterocycles. The number of aryl methyl sites for hydroxylation is 1. The minimum absolute atomic E-state index is 0.303. The van der Waals surface area contributed by atoms with Crippen LogP contribution in [0.1, 0.15) is 26.7 Å². The van der Waals surface area contributed by atoms with Crippen LogP contribution in [0.3, 0.4) is 0 Å². The van der Waals surface area contributed by atoms with Gasteiger partial charge in [0.2, 0.25) is 0 Å². The number of rotatable bonds is 7. The molecule has 0 saturated heterocycles. The molecule has 0 N–H and O–H groups in total. The molecule has 1 rings (SSSR count). The Labute approximate surface area is 107 Å². The zero-order valence-corrected chi connectivity index (χ0v) is 11.2. The maximum atomic E-state index is 11.3. The van der Waals surface area contributed by atoms with Crippen molar-refractivity contribution in [1.29, 1.82) is 0 Å². The van der Waals surface area contributed by atoms with Crippen LogP contribution in [0.25, 0.3) is 0 Å². The molecule has 1 aromatic rings. The van der Waals surface area contributed by atoms with Crippen LogP contribution in [-0.4, -0.2) is 29.5 Å². The fourth-order valence-electron chi connectivity index (χ4n) is 1.51. The molecule has 0 aromatic carbocycles. The van der Waals surface area contributed by atoms with Gasteiger partial charge in [0.15, 0.2) is 5.75 Å². The third kappa shape index (κ3) is 4.24. The number of carbonyl (C=O) groups excluding carboxylic acids is 1. The van der Waals surface area contributed by atoms with Crippen molar-refractivity contribution in [2.75, 3.05) is 13.7 Å². The monoisotopic (exact) mass is 252 g/mol. The predicted molar refractivity (Wildman–Crippen MR) is 68.4 cm³/mol. The summed E-state index contributed by atoms with van der Waals surface area (Å²) in [5.41, 5.74) is 0.624. The lowest BCUT2D eigenvalue weighted by Crippen LogP contribution is -2.06. The molecule has 0 aliphatic heterocycles. The second-order valence-electron chi connectivity index (χ2n) is 3.82. The maximum Gasteiger partial charge on any atom is 0.333 e. The Kier molecular flexibility index (Phi) is 5.97. The largest absolute Gasteiger partial charge is 0.486 e. The van der Waals surface area contributed by atoms with Crippen molar-refractivity contribution in [3.63, 3.8) is 0 Å². The van der Waals surface area contributed by atoms with Crippen LogP contribution in [0, 0.1) is 0 Å². The van der Waals surface area contributed by atoms with E-state index in [9.17, 15) is 4.79 Å². The van der Waals surface area contributed by atoms with E-state index in [1.807, 2.05) is 17.8 Å². The number of carbonyl (C=O) groups is 1. The lowest BCUT2D eigenvalue weighted by Gasteiger charge is -2.03. The SMILES string of the molecule is CCCn1cc(OC/C=C(/CC)C(=O)OC)cn1. The summed E-state index contributed by atoms with van der Waals surface area (Å²) in [5.74, 6) is 0.405. The van der Waals surface area contributed by atoms with E-state index in [-0.39, 0.29) is 5.97 Å². The molecule has 0 fully saturated rings. The van der Waals surface area contributed by atoms with Crippen LogP contribution >= 0.6 is 0 Å². The van der Waals surface area contributed by atoms with Crippen LogP contribution in [0.5, 0.6) is 5.75 Å². The summed E-state index contributed by atoms with van der Waals surface area (Å²) in [5, 5.41) is 4.15. The second-order valence-corrected chi connectivity index (χ2v) is 3.82. The number of esters is 1. The second kappa shape index (κ2) is 7.53. The Morgan fingerprint density at radius 1 is 1.50 bits per heavy atom. The van der Waals surface area contributed by atoms with E-state index < -0.39 is 0 Å². The molecular weight excluding hydrogens is 232 g/mol. The van der Waals surface area contributed by atoms with Gasteiger partial charge in [-0.05, 0) is 18.9 Å². The topological polar surface area (TPSA) is 53.4 Å². The van der Waals surface area contributed by atoms with Gasteiger partial charge in [0.05, 0.1) is 19.5 Å². The average molecular weight is 252 g/mol. The van der Waals surface area contributed by atoms with E-state index in [0.717, 1.165) is 13.0 Å². The van der Waals surface area contributed by atoms with Gasteiger partial charge in [-0.25, -0.2) is 4.79 Å². The van der Waals surface area contributed by atoms with Crippen molar-refractivity contribution in [2.45, 2.75) is 33.2 Å².